The van der Waals surface area contributed by atoms with Crippen LogP contribution in [0.1, 0.15) is 264 Å². The Bertz CT molecular complexity index is 1310. The lowest BCUT2D eigenvalue weighted by molar-refractivity contribution is -0.870. The van der Waals surface area contributed by atoms with Gasteiger partial charge in [0.2, 0.25) is 5.91 Å². The third-order valence-corrected chi connectivity index (χ3v) is 14.0. The zero-order chi connectivity index (χ0) is 50.6. The molecule has 0 aromatic carbocycles. The number of phosphoric ester groups is 1. The van der Waals surface area contributed by atoms with Crippen LogP contribution in [0, 0.1) is 0 Å². The quantitative estimate of drug-likeness (QED) is 0.0243. The van der Waals surface area contributed by atoms with Crippen LogP contribution in [0.25, 0.3) is 0 Å². The Morgan fingerprint density at radius 1 is 0.507 bits per heavy atom. The van der Waals surface area contributed by atoms with Gasteiger partial charge in [0, 0.05) is 6.42 Å². The summed E-state index contributed by atoms with van der Waals surface area (Å²) in [5.74, 6) is -0.176. The minimum atomic E-state index is -4.34. The number of carbonyl (C=O) groups excluding carboxylic acids is 1. The van der Waals surface area contributed by atoms with Gasteiger partial charge in [-0.05, 0) is 57.8 Å². The molecule has 0 aliphatic carbocycles. The molecule has 0 bridgehead atoms. The molecule has 9 heteroatoms. The average molecular weight is 991 g/mol. The summed E-state index contributed by atoms with van der Waals surface area (Å²) in [4.78, 5) is 23.2. The van der Waals surface area contributed by atoms with Crippen LogP contribution in [-0.4, -0.2) is 73.4 Å². The molecule has 0 aromatic heterocycles. The summed E-state index contributed by atoms with van der Waals surface area (Å²) >= 11 is 0. The maximum Gasteiger partial charge on any atom is 0.472 e. The highest BCUT2D eigenvalue weighted by Crippen LogP contribution is 2.43. The molecule has 404 valence electrons. The van der Waals surface area contributed by atoms with E-state index in [0.29, 0.717) is 17.4 Å². The molecule has 0 spiro atoms. The molecule has 0 heterocycles. The highest BCUT2D eigenvalue weighted by Gasteiger charge is 2.27. The van der Waals surface area contributed by atoms with Crippen LogP contribution in [0.15, 0.2) is 60.8 Å². The monoisotopic (exact) mass is 990 g/mol. The fourth-order valence-electron chi connectivity index (χ4n) is 8.45. The molecule has 8 nitrogen and oxygen atoms in total. The third kappa shape index (κ3) is 53.8. The van der Waals surface area contributed by atoms with E-state index in [2.05, 4.69) is 67.8 Å². The van der Waals surface area contributed by atoms with Crippen molar-refractivity contribution in [3.8, 4) is 0 Å². The van der Waals surface area contributed by atoms with E-state index in [1.165, 1.54) is 180 Å². The number of hydrogen-bond acceptors (Lipinski definition) is 5. The molecule has 0 aromatic rings. The van der Waals surface area contributed by atoms with Gasteiger partial charge in [-0.15, -0.1) is 0 Å². The number of rotatable bonds is 53. The molecule has 3 N–H and O–H groups in total. The highest BCUT2D eigenvalue weighted by molar-refractivity contribution is 7.47. The minimum absolute atomic E-state index is 0.0621. The van der Waals surface area contributed by atoms with Gasteiger partial charge < -0.3 is 19.8 Å². The van der Waals surface area contributed by atoms with Gasteiger partial charge in [0.25, 0.3) is 0 Å². The fraction of sp³-hybridized carbons (Fsp3) is 0.817. The summed E-state index contributed by atoms with van der Waals surface area (Å²) in [6.07, 6.45) is 69.3. The Morgan fingerprint density at radius 3 is 1.28 bits per heavy atom. The maximum absolute atomic E-state index is 12.9. The molecular formula is C60H114N2O6P+. The lowest BCUT2D eigenvalue weighted by Crippen LogP contribution is -2.45. The van der Waals surface area contributed by atoms with Crippen molar-refractivity contribution < 1.29 is 32.9 Å². The molecule has 0 saturated heterocycles. The first-order valence-electron chi connectivity index (χ1n) is 29.2. The zero-order valence-electron chi connectivity index (χ0n) is 46.0. The van der Waals surface area contributed by atoms with Crippen molar-refractivity contribution in [1.29, 1.82) is 0 Å². The normalized spacial score (nSPS) is 14.4. The Morgan fingerprint density at radius 2 is 0.870 bits per heavy atom. The van der Waals surface area contributed by atoms with Gasteiger partial charge in [-0.2, -0.15) is 0 Å². The number of amides is 1. The molecule has 0 radical (unpaired) electrons. The SMILES string of the molecule is CC/C=C\C/C=C\C/C=C\C/C=C\CCCCCCCCCCCCCCCCCCCCCCCCCCC(=O)NC(COP(=O)(O)OCC[N+](C)(C)C)C(O)/C=C/CCCCCCCCCC. The first kappa shape index (κ1) is 67.2. The number of aliphatic hydroxyl groups excluding tert-OH is 1. The van der Waals surface area contributed by atoms with E-state index in [-0.39, 0.29) is 19.1 Å². The van der Waals surface area contributed by atoms with Crippen molar-refractivity contribution in [2.45, 2.75) is 276 Å². The van der Waals surface area contributed by atoms with E-state index >= 15 is 0 Å². The molecule has 69 heavy (non-hydrogen) atoms. The van der Waals surface area contributed by atoms with Crippen LogP contribution in [0.5, 0.6) is 0 Å². The lowest BCUT2D eigenvalue weighted by Gasteiger charge is -2.25. The molecule has 0 aliphatic rings. The second-order valence-corrected chi connectivity index (χ2v) is 22.4. The number of carbonyl (C=O) groups is 1. The van der Waals surface area contributed by atoms with Crippen LogP contribution in [0.3, 0.4) is 0 Å². The van der Waals surface area contributed by atoms with Gasteiger partial charge in [-0.25, -0.2) is 4.57 Å². The minimum Gasteiger partial charge on any atom is -0.387 e. The maximum atomic E-state index is 12.9. The van der Waals surface area contributed by atoms with Crippen molar-refractivity contribution in [3.05, 3.63) is 60.8 Å². The van der Waals surface area contributed by atoms with Crippen molar-refractivity contribution >= 4 is 13.7 Å². The zero-order valence-corrected chi connectivity index (χ0v) is 46.9. The number of unbranched alkanes of at least 4 members (excludes halogenated alkanes) is 32. The van der Waals surface area contributed by atoms with Gasteiger partial charge in [-0.3, -0.25) is 13.8 Å². The van der Waals surface area contributed by atoms with E-state index < -0.39 is 20.0 Å². The predicted molar refractivity (Wildman–Crippen MR) is 300 cm³/mol. The topological polar surface area (TPSA) is 105 Å². The van der Waals surface area contributed by atoms with Crippen molar-refractivity contribution in [2.24, 2.45) is 0 Å². The summed E-state index contributed by atoms with van der Waals surface area (Å²) in [5, 5.41) is 13.8. The summed E-state index contributed by atoms with van der Waals surface area (Å²) in [6, 6.07) is -0.844. The number of nitrogens with one attached hydrogen (secondary N) is 1. The number of aliphatic hydroxyl groups is 1. The van der Waals surface area contributed by atoms with E-state index in [0.717, 1.165) is 64.2 Å². The van der Waals surface area contributed by atoms with Gasteiger partial charge in [0.05, 0.1) is 39.9 Å². The van der Waals surface area contributed by atoms with E-state index in [4.69, 9.17) is 9.05 Å². The second kappa shape index (κ2) is 51.1. The van der Waals surface area contributed by atoms with Crippen LogP contribution in [0.2, 0.25) is 0 Å². The number of likely N-dealkylation sites (N-methyl/N-ethyl adjacent to an activating group) is 1. The molecule has 3 atom stereocenters. The van der Waals surface area contributed by atoms with Crippen molar-refractivity contribution in [1.82, 2.24) is 5.32 Å². The van der Waals surface area contributed by atoms with Gasteiger partial charge in [0.15, 0.2) is 0 Å². The number of quaternary nitrogens is 1. The standard InChI is InChI=1S/C60H113N2O6P/c1-6-8-10-12-14-16-18-19-20-21-22-23-24-25-26-27-28-29-30-31-32-33-34-35-36-37-38-39-40-41-42-43-44-46-48-50-52-54-60(64)61-58(57-68-69(65,66)67-56-55-62(3,4)5)59(63)53-51-49-47-45-17-15-13-11-9-7-2/h8,10,14,16,19-20,22-23,51,53,58-59,63H,6-7,9,11-13,15,17-18,21,24-50,52,54-57H2,1-5H3,(H-,61,64,65,66)/p+1/b10-8-,16-14-,20-19-,23-22-,53-51+. The first-order valence-corrected chi connectivity index (χ1v) is 30.7. The third-order valence-electron chi connectivity index (χ3n) is 13.0. The van der Waals surface area contributed by atoms with Gasteiger partial charge >= 0.3 is 7.82 Å². The van der Waals surface area contributed by atoms with Crippen LogP contribution in [0.4, 0.5) is 0 Å². The second-order valence-electron chi connectivity index (χ2n) is 21.0. The molecule has 0 fully saturated rings. The first-order chi connectivity index (χ1) is 33.5. The van der Waals surface area contributed by atoms with Crippen LogP contribution in [-0.2, 0) is 18.4 Å². The summed E-state index contributed by atoms with van der Waals surface area (Å²) in [6.45, 7) is 4.69. The average Bonchev–Trinajstić information content (AvgIpc) is 3.31. The summed E-state index contributed by atoms with van der Waals surface area (Å²) in [5.41, 5.74) is 0. The Hall–Kier alpha value is -1.80. The molecular weight excluding hydrogens is 876 g/mol. The van der Waals surface area contributed by atoms with Crippen LogP contribution >= 0.6 is 7.82 Å². The Balaban J connectivity index is 3.86. The lowest BCUT2D eigenvalue weighted by atomic mass is 10.0. The highest BCUT2D eigenvalue weighted by atomic mass is 31.2. The van der Waals surface area contributed by atoms with Crippen molar-refractivity contribution in [2.75, 3.05) is 40.9 Å². The van der Waals surface area contributed by atoms with E-state index in [1.807, 2.05) is 27.2 Å². The van der Waals surface area contributed by atoms with Crippen molar-refractivity contribution in [3.63, 3.8) is 0 Å². The Kier molecular flexibility index (Phi) is 49.8. The molecule has 0 rings (SSSR count). The fourth-order valence-corrected chi connectivity index (χ4v) is 9.18. The summed E-state index contributed by atoms with van der Waals surface area (Å²) in [7, 11) is 1.58. The number of allylic oxidation sites excluding steroid dienone is 9. The largest absolute Gasteiger partial charge is 0.472 e. The van der Waals surface area contributed by atoms with E-state index in [1.54, 1.807) is 6.08 Å². The van der Waals surface area contributed by atoms with Crippen LogP contribution < -0.4 is 5.32 Å². The molecule has 1 amide bonds. The van der Waals surface area contributed by atoms with Gasteiger partial charge in [-0.1, -0.05) is 261 Å². The number of phosphoric acid groups is 1. The number of nitrogens with zero attached hydrogens (tertiary/aromatic N) is 1. The van der Waals surface area contributed by atoms with E-state index in [9.17, 15) is 19.4 Å². The number of hydrogen-bond donors (Lipinski definition) is 3. The van der Waals surface area contributed by atoms with Gasteiger partial charge in [0.1, 0.15) is 13.2 Å². The smallest absolute Gasteiger partial charge is 0.387 e. The molecule has 0 saturated carbocycles. The summed E-state index contributed by atoms with van der Waals surface area (Å²) < 4.78 is 23.6. The molecule has 3 unspecified atom stereocenters. The Labute approximate surface area is 428 Å². The molecule has 0 aliphatic heterocycles. The predicted octanol–water partition coefficient (Wildman–Crippen LogP) is 17.7.